The summed E-state index contributed by atoms with van der Waals surface area (Å²) in [5.41, 5.74) is 1.81. The first-order valence-electron chi connectivity index (χ1n) is 6.32. The van der Waals surface area contributed by atoms with Crippen molar-refractivity contribution in [3.8, 4) is 22.9 Å². The molecule has 0 saturated carbocycles. The summed E-state index contributed by atoms with van der Waals surface area (Å²) in [6.07, 6.45) is 0. The van der Waals surface area contributed by atoms with Crippen molar-refractivity contribution in [3.05, 3.63) is 29.6 Å². The Balaban J connectivity index is 1.95. The van der Waals surface area contributed by atoms with E-state index in [2.05, 4.69) is 9.97 Å². The summed E-state index contributed by atoms with van der Waals surface area (Å²) in [6, 6.07) is 5.51. The SMILES string of the molecule is CCOC(=O)c1nc(-c2ccc3c(c2)OCO3)[nH]c1C. The molecular weight excluding hydrogens is 260 g/mol. The van der Waals surface area contributed by atoms with E-state index in [9.17, 15) is 4.79 Å². The highest BCUT2D eigenvalue weighted by molar-refractivity contribution is 5.89. The highest BCUT2D eigenvalue weighted by Crippen LogP contribution is 2.35. The first kappa shape index (κ1) is 12.5. The predicted molar refractivity (Wildman–Crippen MR) is 70.8 cm³/mol. The van der Waals surface area contributed by atoms with Gasteiger partial charge in [-0.3, -0.25) is 0 Å². The Kier molecular flexibility index (Phi) is 3.06. The Labute approximate surface area is 115 Å². The van der Waals surface area contributed by atoms with Crippen molar-refractivity contribution in [1.82, 2.24) is 9.97 Å². The molecular formula is C14H14N2O4. The average Bonchev–Trinajstić information content (AvgIpc) is 3.04. The maximum Gasteiger partial charge on any atom is 0.358 e. The molecule has 0 aliphatic carbocycles. The van der Waals surface area contributed by atoms with Crippen LogP contribution in [0.15, 0.2) is 18.2 Å². The number of esters is 1. The van der Waals surface area contributed by atoms with E-state index in [4.69, 9.17) is 14.2 Å². The zero-order valence-corrected chi connectivity index (χ0v) is 11.2. The number of hydrogen-bond acceptors (Lipinski definition) is 5. The number of nitrogens with zero attached hydrogens (tertiary/aromatic N) is 1. The molecule has 104 valence electrons. The van der Waals surface area contributed by atoms with Gasteiger partial charge in [0.25, 0.3) is 0 Å². The second kappa shape index (κ2) is 4.88. The molecule has 0 unspecified atom stereocenters. The summed E-state index contributed by atoms with van der Waals surface area (Å²) in [5, 5.41) is 0. The third-order valence-electron chi connectivity index (χ3n) is 3.00. The molecule has 0 fully saturated rings. The lowest BCUT2D eigenvalue weighted by molar-refractivity contribution is 0.0519. The Bertz CT molecular complexity index is 663. The van der Waals surface area contributed by atoms with Crippen LogP contribution in [0.25, 0.3) is 11.4 Å². The molecule has 0 atom stereocenters. The van der Waals surface area contributed by atoms with E-state index < -0.39 is 5.97 Å². The quantitative estimate of drug-likeness (QED) is 0.869. The van der Waals surface area contributed by atoms with Gasteiger partial charge < -0.3 is 19.2 Å². The third kappa shape index (κ3) is 2.09. The maximum absolute atomic E-state index is 11.7. The topological polar surface area (TPSA) is 73.4 Å². The van der Waals surface area contributed by atoms with E-state index in [0.29, 0.717) is 35.3 Å². The monoisotopic (exact) mass is 274 g/mol. The van der Waals surface area contributed by atoms with Crippen LogP contribution in [0.2, 0.25) is 0 Å². The Hall–Kier alpha value is -2.50. The number of fused-ring (bicyclic) bond motifs is 1. The Morgan fingerprint density at radius 1 is 1.40 bits per heavy atom. The summed E-state index contributed by atoms with van der Waals surface area (Å²) in [5.74, 6) is 1.56. The highest BCUT2D eigenvalue weighted by atomic mass is 16.7. The number of H-pyrrole nitrogens is 1. The van der Waals surface area contributed by atoms with Crippen LogP contribution in [-0.2, 0) is 4.74 Å². The summed E-state index contributed by atoms with van der Waals surface area (Å²) >= 11 is 0. The number of benzene rings is 1. The van der Waals surface area contributed by atoms with Crippen LogP contribution in [0.3, 0.4) is 0 Å². The van der Waals surface area contributed by atoms with Gasteiger partial charge in [0.15, 0.2) is 17.2 Å². The van der Waals surface area contributed by atoms with Gasteiger partial charge in [-0.2, -0.15) is 0 Å². The number of aryl methyl sites for hydroxylation is 1. The number of aromatic nitrogens is 2. The molecule has 2 heterocycles. The van der Waals surface area contributed by atoms with Crippen molar-refractivity contribution in [2.24, 2.45) is 0 Å². The molecule has 0 saturated heterocycles. The highest BCUT2D eigenvalue weighted by Gasteiger charge is 2.19. The average molecular weight is 274 g/mol. The van der Waals surface area contributed by atoms with Crippen molar-refractivity contribution < 1.29 is 19.0 Å². The number of ether oxygens (including phenoxy) is 3. The number of rotatable bonds is 3. The van der Waals surface area contributed by atoms with Gasteiger partial charge in [-0.1, -0.05) is 0 Å². The number of imidazole rings is 1. The van der Waals surface area contributed by atoms with Crippen LogP contribution in [0, 0.1) is 6.92 Å². The van der Waals surface area contributed by atoms with Crippen LogP contribution in [0.1, 0.15) is 23.1 Å². The van der Waals surface area contributed by atoms with E-state index in [1.165, 1.54) is 0 Å². The van der Waals surface area contributed by atoms with Gasteiger partial charge in [-0.05, 0) is 32.0 Å². The van der Waals surface area contributed by atoms with Crippen LogP contribution >= 0.6 is 0 Å². The van der Waals surface area contributed by atoms with E-state index in [0.717, 1.165) is 5.56 Å². The molecule has 0 spiro atoms. The fraction of sp³-hybridized carbons (Fsp3) is 0.286. The molecule has 6 nitrogen and oxygen atoms in total. The first-order valence-corrected chi connectivity index (χ1v) is 6.32. The van der Waals surface area contributed by atoms with Gasteiger partial charge in [0.2, 0.25) is 6.79 Å². The van der Waals surface area contributed by atoms with Gasteiger partial charge in [0, 0.05) is 11.3 Å². The van der Waals surface area contributed by atoms with E-state index in [-0.39, 0.29) is 6.79 Å². The molecule has 1 aliphatic rings. The van der Waals surface area contributed by atoms with Crippen molar-refractivity contribution >= 4 is 5.97 Å². The molecule has 6 heteroatoms. The van der Waals surface area contributed by atoms with Gasteiger partial charge in [-0.15, -0.1) is 0 Å². The number of nitrogens with one attached hydrogen (secondary N) is 1. The minimum absolute atomic E-state index is 0.226. The predicted octanol–water partition coefficient (Wildman–Crippen LogP) is 2.29. The number of carbonyl (C=O) groups excluding carboxylic acids is 1. The molecule has 3 rings (SSSR count). The van der Waals surface area contributed by atoms with Crippen LogP contribution in [0.4, 0.5) is 0 Å². The second-order valence-corrected chi connectivity index (χ2v) is 4.35. The first-order chi connectivity index (χ1) is 9.69. The number of carbonyl (C=O) groups is 1. The summed E-state index contributed by atoms with van der Waals surface area (Å²) in [6.45, 7) is 4.10. The molecule has 1 aliphatic heterocycles. The van der Waals surface area contributed by atoms with Crippen molar-refractivity contribution in [3.63, 3.8) is 0 Å². The van der Waals surface area contributed by atoms with Crippen molar-refractivity contribution in [2.75, 3.05) is 13.4 Å². The zero-order chi connectivity index (χ0) is 14.1. The molecule has 2 aromatic rings. The van der Waals surface area contributed by atoms with Gasteiger partial charge in [0.05, 0.1) is 6.61 Å². The fourth-order valence-corrected chi connectivity index (χ4v) is 2.04. The molecule has 1 N–H and O–H groups in total. The van der Waals surface area contributed by atoms with Gasteiger partial charge in [0.1, 0.15) is 5.82 Å². The van der Waals surface area contributed by atoms with Crippen LogP contribution in [0.5, 0.6) is 11.5 Å². The lowest BCUT2D eigenvalue weighted by atomic mass is 10.2. The standard InChI is InChI=1S/C14H14N2O4/c1-3-18-14(17)12-8(2)15-13(16-12)9-4-5-10-11(6-9)20-7-19-10/h4-6H,3,7H2,1-2H3,(H,15,16). The minimum Gasteiger partial charge on any atom is -0.461 e. The molecule has 20 heavy (non-hydrogen) atoms. The number of aromatic amines is 1. The molecule has 0 bridgehead atoms. The second-order valence-electron chi connectivity index (χ2n) is 4.35. The summed E-state index contributed by atoms with van der Waals surface area (Å²) in [4.78, 5) is 19.1. The van der Waals surface area contributed by atoms with E-state index >= 15 is 0 Å². The summed E-state index contributed by atoms with van der Waals surface area (Å²) in [7, 11) is 0. The largest absolute Gasteiger partial charge is 0.461 e. The molecule has 1 aromatic carbocycles. The molecule has 0 amide bonds. The lowest BCUT2D eigenvalue weighted by Gasteiger charge is -1.99. The zero-order valence-electron chi connectivity index (χ0n) is 11.2. The summed E-state index contributed by atoms with van der Waals surface area (Å²) < 4.78 is 15.6. The molecule has 1 aromatic heterocycles. The smallest absolute Gasteiger partial charge is 0.358 e. The van der Waals surface area contributed by atoms with Crippen LogP contribution < -0.4 is 9.47 Å². The minimum atomic E-state index is -0.423. The van der Waals surface area contributed by atoms with E-state index in [1.54, 1.807) is 13.8 Å². The molecule has 0 radical (unpaired) electrons. The van der Waals surface area contributed by atoms with Crippen LogP contribution in [-0.4, -0.2) is 29.3 Å². The van der Waals surface area contributed by atoms with Gasteiger partial charge in [-0.25, -0.2) is 9.78 Å². The third-order valence-corrected chi connectivity index (χ3v) is 3.00. The van der Waals surface area contributed by atoms with E-state index in [1.807, 2.05) is 18.2 Å². The normalized spacial score (nSPS) is 12.5. The van der Waals surface area contributed by atoms with Crippen molar-refractivity contribution in [2.45, 2.75) is 13.8 Å². The number of hydrogen-bond donors (Lipinski definition) is 1. The Morgan fingerprint density at radius 3 is 3.00 bits per heavy atom. The maximum atomic E-state index is 11.7. The van der Waals surface area contributed by atoms with Crippen molar-refractivity contribution in [1.29, 1.82) is 0 Å². The van der Waals surface area contributed by atoms with Gasteiger partial charge >= 0.3 is 5.97 Å². The lowest BCUT2D eigenvalue weighted by Crippen LogP contribution is -2.06. The Morgan fingerprint density at radius 2 is 2.20 bits per heavy atom. The fourth-order valence-electron chi connectivity index (χ4n) is 2.04.